The second-order valence-electron chi connectivity index (χ2n) is 6.88. The van der Waals surface area contributed by atoms with Gasteiger partial charge in [-0.25, -0.2) is 0 Å². The van der Waals surface area contributed by atoms with Crippen LogP contribution in [0.1, 0.15) is 31.1 Å². The molecule has 0 aliphatic heterocycles. The quantitative estimate of drug-likeness (QED) is 0.670. The third-order valence-corrected chi connectivity index (χ3v) is 3.83. The molecule has 2 aromatic carbocycles. The minimum Gasteiger partial charge on any atom is -0.272 e. The van der Waals surface area contributed by atoms with Crippen molar-refractivity contribution in [1.82, 2.24) is 20.2 Å². The third-order valence-electron chi connectivity index (χ3n) is 3.83. The number of aryl methyl sites for hydroxylation is 1. The Morgan fingerprint density at radius 1 is 0.958 bits per heavy atom. The van der Waals surface area contributed by atoms with Crippen molar-refractivity contribution in [3.63, 3.8) is 0 Å². The fourth-order valence-corrected chi connectivity index (χ4v) is 2.47. The molecule has 5 heteroatoms. The summed E-state index contributed by atoms with van der Waals surface area (Å²) in [5.41, 5.74) is 3.53. The smallest absolute Gasteiger partial charge is 0.255 e. The molecule has 1 heterocycles. The monoisotopic (exact) mass is 320 g/mol. The summed E-state index contributed by atoms with van der Waals surface area (Å²) >= 11 is 0. The van der Waals surface area contributed by atoms with Crippen molar-refractivity contribution in [2.45, 2.75) is 27.7 Å². The highest BCUT2D eigenvalue weighted by molar-refractivity contribution is 5.89. The van der Waals surface area contributed by atoms with E-state index in [1.807, 2.05) is 45.0 Å². The molecule has 0 saturated heterocycles. The Morgan fingerprint density at radius 3 is 2.21 bits per heavy atom. The molecule has 0 radical (unpaired) electrons. The molecule has 0 N–H and O–H groups in total. The summed E-state index contributed by atoms with van der Waals surface area (Å²) in [7, 11) is 0. The van der Waals surface area contributed by atoms with Gasteiger partial charge in [0.25, 0.3) is 5.91 Å². The average molecular weight is 320 g/mol. The van der Waals surface area contributed by atoms with Gasteiger partial charge in [0.15, 0.2) is 5.82 Å². The van der Waals surface area contributed by atoms with Gasteiger partial charge < -0.3 is 0 Å². The first-order valence-electron chi connectivity index (χ1n) is 7.87. The van der Waals surface area contributed by atoms with Crippen molar-refractivity contribution >= 4 is 5.91 Å². The third kappa shape index (κ3) is 2.97. The topological polar surface area (TPSA) is 60.7 Å². The Labute approximate surface area is 141 Å². The zero-order valence-corrected chi connectivity index (χ0v) is 14.3. The predicted molar refractivity (Wildman–Crippen MR) is 93.5 cm³/mol. The van der Waals surface area contributed by atoms with Crippen LogP contribution in [0.2, 0.25) is 0 Å². The molecule has 0 aliphatic rings. The normalized spacial score (nSPS) is 11.5. The molecule has 122 valence electrons. The maximum absolute atomic E-state index is 12.6. The van der Waals surface area contributed by atoms with E-state index in [9.17, 15) is 4.79 Å². The lowest BCUT2D eigenvalue weighted by Gasteiger charge is -2.17. The van der Waals surface area contributed by atoms with Crippen molar-refractivity contribution in [2.24, 2.45) is 5.41 Å². The number of tetrazole rings is 1. The minimum absolute atomic E-state index is 0.138. The summed E-state index contributed by atoms with van der Waals surface area (Å²) < 4.78 is 1.30. The van der Waals surface area contributed by atoms with Crippen LogP contribution in [0.15, 0.2) is 48.5 Å². The summed E-state index contributed by atoms with van der Waals surface area (Å²) in [5, 5.41) is 11.7. The number of carbonyl (C=O) groups is 1. The lowest BCUT2D eigenvalue weighted by atomic mass is 9.95. The summed E-state index contributed by atoms with van der Waals surface area (Å²) in [4.78, 5) is 12.6. The molecule has 5 nitrogen and oxygen atoms in total. The van der Waals surface area contributed by atoms with E-state index in [1.54, 1.807) is 0 Å². The molecule has 0 aliphatic carbocycles. The van der Waals surface area contributed by atoms with Crippen LogP contribution in [0.3, 0.4) is 0 Å². The number of rotatable bonds is 2. The number of aromatic nitrogens is 4. The fourth-order valence-electron chi connectivity index (χ4n) is 2.47. The molecular formula is C19H20N4O. The molecule has 0 fully saturated rings. The van der Waals surface area contributed by atoms with Crippen LogP contribution in [-0.2, 0) is 0 Å². The summed E-state index contributed by atoms with van der Waals surface area (Å²) in [6.07, 6.45) is 0. The molecule has 24 heavy (non-hydrogen) atoms. The molecule has 3 rings (SSSR count). The molecule has 0 saturated carbocycles. The molecule has 3 aromatic rings. The SMILES string of the molecule is Cc1ccc(-c2ccccc2-c2nnnn2C(=O)C(C)(C)C)cc1. The number of benzene rings is 2. The Bertz CT molecular complexity index is 873. The molecular weight excluding hydrogens is 300 g/mol. The van der Waals surface area contributed by atoms with Crippen LogP contribution in [0, 0.1) is 12.3 Å². The Hall–Kier alpha value is -2.82. The standard InChI is InChI=1S/C19H20N4O/c1-13-9-11-14(12-10-13)15-7-5-6-8-16(15)17-20-21-22-23(17)18(24)19(2,3)4/h5-12H,1-4H3. The lowest BCUT2D eigenvalue weighted by molar-refractivity contribution is 0.0748. The van der Waals surface area contributed by atoms with E-state index < -0.39 is 5.41 Å². The first-order valence-corrected chi connectivity index (χ1v) is 7.87. The lowest BCUT2D eigenvalue weighted by Crippen LogP contribution is -2.28. The maximum atomic E-state index is 12.6. The second kappa shape index (κ2) is 6.00. The summed E-state index contributed by atoms with van der Waals surface area (Å²) in [6.45, 7) is 7.62. The Morgan fingerprint density at radius 2 is 1.58 bits per heavy atom. The number of hydrogen-bond acceptors (Lipinski definition) is 4. The van der Waals surface area contributed by atoms with Crippen LogP contribution in [-0.4, -0.2) is 26.1 Å². The highest BCUT2D eigenvalue weighted by atomic mass is 16.2. The van der Waals surface area contributed by atoms with E-state index >= 15 is 0 Å². The van der Waals surface area contributed by atoms with Crippen molar-refractivity contribution < 1.29 is 4.79 Å². The van der Waals surface area contributed by atoms with E-state index in [-0.39, 0.29) is 5.91 Å². The van der Waals surface area contributed by atoms with Crippen LogP contribution in [0.25, 0.3) is 22.5 Å². The second-order valence-corrected chi connectivity index (χ2v) is 6.88. The van der Waals surface area contributed by atoms with Crippen molar-refractivity contribution in [3.8, 4) is 22.5 Å². The van der Waals surface area contributed by atoms with Crippen LogP contribution >= 0.6 is 0 Å². The first-order chi connectivity index (χ1) is 11.4. The number of hydrogen-bond donors (Lipinski definition) is 0. The summed E-state index contributed by atoms with van der Waals surface area (Å²) in [5.74, 6) is 0.326. The van der Waals surface area contributed by atoms with Gasteiger partial charge in [-0.2, -0.15) is 4.68 Å². The van der Waals surface area contributed by atoms with E-state index in [1.165, 1.54) is 10.2 Å². The number of nitrogens with zero attached hydrogens (tertiary/aromatic N) is 4. The van der Waals surface area contributed by atoms with Crippen LogP contribution < -0.4 is 0 Å². The minimum atomic E-state index is -0.567. The van der Waals surface area contributed by atoms with Gasteiger partial charge in [0.1, 0.15) is 0 Å². The maximum Gasteiger partial charge on any atom is 0.255 e. The van der Waals surface area contributed by atoms with E-state index in [0.717, 1.165) is 16.7 Å². The molecule has 0 bridgehead atoms. The fraction of sp³-hybridized carbons (Fsp3) is 0.263. The van der Waals surface area contributed by atoms with E-state index in [0.29, 0.717) is 5.82 Å². The largest absolute Gasteiger partial charge is 0.272 e. The highest BCUT2D eigenvalue weighted by Gasteiger charge is 2.28. The molecule has 1 aromatic heterocycles. The van der Waals surface area contributed by atoms with Gasteiger partial charge in [0.05, 0.1) is 0 Å². The van der Waals surface area contributed by atoms with Crippen molar-refractivity contribution in [1.29, 1.82) is 0 Å². The van der Waals surface area contributed by atoms with Crippen LogP contribution in [0.5, 0.6) is 0 Å². The molecule has 0 spiro atoms. The molecule has 0 amide bonds. The predicted octanol–water partition coefficient (Wildman–Crippen LogP) is 4.00. The van der Waals surface area contributed by atoms with Gasteiger partial charge in [-0.05, 0) is 28.5 Å². The average Bonchev–Trinajstić information content (AvgIpc) is 3.03. The molecule has 0 unspecified atom stereocenters. The molecule has 0 atom stereocenters. The first kappa shape index (κ1) is 16.1. The van der Waals surface area contributed by atoms with E-state index in [2.05, 4.69) is 46.7 Å². The van der Waals surface area contributed by atoms with Gasteiger partial charge in [0.2, 0.25) is 0 Å². The van der Waals surface area contributed by atoms with Gasteiger partial charge in [-0.15, -0.1) is 5.10 Å². The Balaban J connectivity index is 2.14. The van der Waals surface area contributed by atoms with Crippen molar-refractivity contribution in [2.75, 3.05) is 0 Å². The van der Waals surface area contributed by atoms with Gasteiger partial charge in [-0.1, -0.05) is 74.9 Å². The van der Waals surface area contributed by atoms with E-state index in [4.69, 9.17) is 0 Å². The summed E-state index contributed by atoms with van der Waals surface area (Å²) in [6, 6.07) is 16.1. The zero-order valence-electron chi connectivity index (χ0n) is 14.3. The van der Waals surface area contributed by atoms with Gasteiger partial charge >= 0.3 is 0 Å². The highest BCUT2D eigenvalue weighted by Crippen LogP contribution is 2.31. The van der Waals surface area contributed by atoms with Crippen LogP contribution in [0.4, 0.5) is 0 Å². The van der Waals surface area contributed by atoms with Gasteiger partial charge in [-0.3, -0.25) is 4.79 Å². The van der Waals surface area contributed by atoms with Crippen molar-refractivity contribution in [3.05, 3.63) is 54.1 Å². The van der Waals surface area contributed by atoms with Gasteiger partial charge in [0, 0.05) is 11.0 Å². The zero-order chi connectivity index (χ0) is 17.3. The Kier molecular flexibility index (Phi) is 4.01. The number of carbonyl (C=O) groups excluding carboxylic acids is 1.